The minimum Gasteiger partial charge on any atom is -0.393 e. The zero-order valence-electron chi connectivity index (χ0n) is 13.5. The normalized spacial score (nSPS) is 33.0. The Kier molecular flexibility index (Phi) is 5.92. The second kappa shape index (κ2) is 7.91. The fraction of sp³-hybridized carbons (Fsp3) is 1.00. The molecule has 122 valence electrons. The number of fused-ring (bicyclic) bond motifs is 1. The van der Waals surface area contributed by atoms with Gasteiger partial charge in [0.2, 0.25) is 0 Å². The molecule has 0 aromatic carbocycles. The molecule has 3 saturated heterocycles. The molecule has 2 atom stereocenters. The van der Waals surface area contributed by atoms with E-state index in [-0.39, 0.29) is 6.10 Å². The lowest BCUT2D eigenvalue weighted by Crippen LogP contribution is -2.51. The Labute approximate surface area is 129 Å². The first kappa shape index (κ1) is 15.7. The van der Waals surface area contributed by atoms with Crippen LogP contribution in [-0.4, -0.2) is 72.9 Å². The topological polar surface area (TPSA) is 38.7 Å². The monoisotopic (exact) mass is 295 g/mol. The summed E-state index contributed by atoms with van der Waals surface area (Å²) < 4.78 is 0. The van der Waals surface area contributed by atoms with Crippen LogP contribution in [0.3, 0.4) is 0 Å². The quantitative estimate of drug-likeness (QED) is 0.750. The minimum atomic E-state index is -0.0475. The van der Waals surface area contributed by atoms with Gasteiger partial charge in [-0.2, -0.15) is 0 Å². The van der Waals surface area contributed by atoms with Crippen molar-refractivity contribution < 1.29 is 5.11 Å². The van der Waals surface area contributed by atoms with E-state index in [1.165, 1.54) is 51.7 Å². The summed E-state index contributed by atoms with van der Waals surface area (Å²) in [7, 11) is 0. The molecule has 0 unspecified atom stereocenters. The van der Waals surface area contributed by atoms with Crippen molar-refractivity contribution in [3.8, 4) is 0 Å². The summed E-state index contributed by atoms with van der Waals surface area (Å²) in [4.78, 5) is 5.25. The lowest BCUT2D eigenvalue weighted by molar-refractivity contribution is 0.0581. The third-order valence-electron chi connectivity index (χ3n) is 5.80. The third kappa shape index (κ3) is 4.41. The Morgan fingerprint density at radius 2 is 1.71 bits per heavy atom. The van der Waals surface area contributed by atoms with Crippen LogP contribution in [0.2, 0.25) is 0 Å². The van der Waals surface area contributed by atoms with Gasteiger partial charge in [0.05, 0.1) is 6.10 Å². The molecule has 3 rings (SSSR count). The van der Waals surface area contributed by atoms with Crippen LogP contribution in [-0.2, 0) is 0 Å². The van der Waals surface area contributed by atoms with Gasteiger partial charge in [-0.3, -0.25) is 0 Å². The van der Waals surface area contributed by atoms with Crippen molar-refractivity contribution in [1.29, 1.82) is 0 Å². The summed E-state index contributed by atoms with van der Waals surface area (Å²) in [5.41, 5.74) is 0. The summed E-state index contributed by atoms with van der Waals surface area (Å²) in [6, 6.07) is 0.866. The fourth-order valence-electron chi connectivity index (χ4n) is 4.48. The highest BCUT2D eigenvalue weighted by Gasteiger charge is 2.32. The van der Waals surface area contributed by atoms with E-state index in [4.69, 9.17) is 0 Å². The van der Waals surface area contributed by atoms with E-state index in [0.717, 1.165) is 51.0 Å². The highest BCUT2D eigenvalue weighted by molar-refractivity contribution is 4.88. The van der Waals surface area contributed by atoms with Crippen molar-refractivity contribution in [2.75, 3.05) is 45.8 Å². The fourth-order valence-corrected chi connectivity index (χ4v) is 4.48. The Balaban J connectivity index is 1.33. The summed E-state index contributed by atoms with van der Waals surface area (Å²) in [5.74, 6) is 0.877. The van der Waals surface area contributed by atoms with Crippen molar-refractivity contribution in [3.63, 3.8) is 0 Å². The number of rotatable bonds is 5. The summed E-state index contributed by atoms with van der Waals surface area (Å²) >= 11 is 0. The van der Waals surface area contributed by atoms with Gasteiger partial charge >= 0.3 is 0 Å². The standard InChI is InChI=1S/C17H33N3O/c21-16-6-11-19(12-7-16)13-8-18-14-15-4-3-10-20-9-2-1-5-17(15)20/h15-18,21H,1-14H2/t15-,17+/m0/s1. The first-order valence-electron chi connectivity index (χ1n) is 9.18. The predicted octanol–water partition coefficient (Wildman–Crippen LogP) is 1.30. The van der Waals surface area contributed by atoms with E-state index in [9.17, 15) is 5.11 Å². The number of aliphatic hydroxyl groups is 1. The van der Waals surface area contributed by atoms with Crippen molar-refractivity contribution in [2.24, 2.45) is 5.92 Å². The van der Waals surface area contributed by atoms with Crippen LogP contribution in [0.1, 0.15) is 44.9 Å². The molecule has 4 nitrogen and oxygen atoms in total. The van der Waals surface area contributed by atoms with Gasteiger partial charge in [0.15, 0.2) is 0 Å². The van der Waals surface area contributed by atoms with E-state index < -0.39 is 0 Å². The number of hydrogen-bond acceptors (Lipinski definition) is 4. The molecule has 3 aliphatic heterocycles. The van der Waals surface area contributed by atoms with Crippen LogP contribution in [0.25, 0.3) is 0 Å². The van der Waals surface area contributed by atoms with E-state index in [1.54, 1.807) is 0 Å². The highest BCUT2D eigenvalue weighted by atomic mass is 16.3. The molecule has 4 heteroatoms. The maximum atomic E-state index is 9.53. The second-order valence-electron chi connectivity index (χ2n) is 7.28. The zero-order chi connectivity index (χ0) is 14.5. The molecule has 2 N–H and O–H groups in total. The van der Waals surface area contributed by atoms with E-state index in [1.807, 2.05) is 0 Å². The van der Waals surface area contributed by atoms with Crippen LogP contribution in [0.5, 0.6) is 0 Å². The smallest absolute Gasteiger partial charge is 0.0564 e. The number of nitrogens with one attached hydrogen (secondary N) is 1. The molecule has 0 saturated carbocycles. The van der Waals surface area contributed by atoms with Crippen LogP contribution in [0.15, 0.2) is 0 Å². The molecule has 3 fully saturated rings. The van der Waals surface area contributed by atoms with E-state index >= 15 is 0 Å². The van der Waals surface area contributed by atoms with Crippen LogP contribution in [0, 0.1) is 5.92 Å². The van der Waals surface area contributed by atoms with Gasteiger partial charge in [0.1, 0.15) is 0 Å². The van der Waals surface area contributed by atoms with Crippen molar-refractivity contribution >= 4 is 0 Å². The summed E-state index contributed by atoms with van der Waals surface area (Å²) in [6.45, 7) is 8.30. The highest BCUT2D eigenvalue weighted by Crippen LogP contribution is 2.30. The maximum Gasteiger partial charge on any atom is 0.0564 e. The van der Waals surface area contributed by atoms with Gasteiger partial charge in [-0.05, 0) is 64.1 Å². The van der Waals surface area contributed by atoms with Gasteiger partial charge in [-0.1, -0.05) is 6.42 Å². The zero-order valence-corrected chi connectivity index (χ0v) is 13.5. The lowest BCUT2D eigenvalue weighted by atomic mass is 9.83. The molecule has 0 aliphatic carbocycles. The van der Waals surface area contributed by atoms with Crippen LogP contribution >= 0.6 is 0 Å². The molecule has 0 aromatic heterocycles. The third-order valence-corrected chi connectivity index (χ3v) is 5.80. The van der Waals surface area contributed by atoms with Gasteiger partial charge in [0, 0.05) is 32.2 Å². The minimum absolute atomic E-state index is 0.0475. The largest absolute Gasteiger partial charge is 0.393 e. The molecule has 0 amide bonds. The Hall–Kier alpha value is -0.160. The number of hydrogen-bond donors (Lipinski definition) is 2. The van der Waals surface area contributed by atoms with Crippen LogP contribution in [0.4, 0.5) is 0 Å². The number of likely N-dealkylation sites (tertiary alicyclic amines) is 1. The SMILES string of the molecule is OC1CCN(CCNC[C@@H]2CCCN3CCCC[C@H]23)CC1. The number of piperidine rings is 3. The van der Waals surface area contributed by atoms with Gasteiger partial charge in [0.25, 0.3) is 0 Å². The molecule has 0 radical (unpaired) electrons. The van der Waals surface area contributed by atoms with Gasteiger partial charge in [-0.15, -0.1) is 0 Å². The molecule has 0 spiro atoms. The Bertz CT molecular complexity index is 302. The van der Waals surface area contributed by atoms with E-state index in [2.05, 4.69) is 15.1 Å². The Morgan fingerprint density at radius 3 is 2.57 bits per heavy atom. The second-order valence-corrected chi connectivity index (χ2v) is 7.28. The molecular weight excluding hydrogens is 262 g/mol. The molecule has 3 aliphatic rings. The van der Waals surface area contributed by atoms with Crippen molar-refractivity contribution in [3.05, 3.63) is 0 Å². The first-order valence-corrected chi connectivity index (χ1v) is 9.18. The van der Waals surface area contributed by atoms with Crippen LogP contribution < -0.4 is 5.32 Å². The first-order chi connectivity index (χ1) is 10.3. The molecule has 21 heavy (non-hydrogen) atoms. The molecular formula is C17H33N3O. The predicted molar refractivity (Wildman–Crippen MR) is 86.5 cm³/mol. The van der Waals surface area contributed by atoms with Crippen molar-refractivity contribution in [1.82, 2.24) is 15.1 Å². The number of aliphatic hydroxyl groups excluding tert-OH is 1. The van der Waals surface area contributed by atoms with E-state index in [0.29, 0.717) is 0 Å². The summed E-state index contributed by atoms with van der Waals surface area (Å²) in [6.07, 6.45) is 8.96. The molecule has 3 heterocycles. The Morgan fingerprint density at radius 1 is 0.905 bits per heavy atom. The van der Waals surface area contributed by atoms with Gasteiger partial charge < -0.3 is 20.2 Å². The summed E-state index contributed by atoms with van der Waals surface area (Å²) in [5, 5.41) is 13.2. The maximum absolute atomic E-state index is 9.53. The lowest BCUT2D eigenvalue weighted by Gasteiger charge is -2.44. The van der Waals surface area contributed by atoms with Gasteiger partial charge in [-0.25, -0.2) is 0 Å². The average Bonchev–Trinajstić information content (AvgIpc) is 2.53. The average molecular weight is 295 g/mol. The number of nitrogens with zero attached hydrogens (tertiary/aromatic N) is 2. The molecule has 0 aromatic rings. The molecule has 0 bridgehead atoms. The van der Waals surface area contributed by atoms with Crippen molar-refractivity contribution in [2.45, 2.75) is 57.1 Å².